The molecule has 0 atom stereocenters. The number of hydrogen-bond acceptors (Lipinski definition) is 4. The highest BCUT2D eigenvalue weighted by molar-refractivity contribution is 5.94. The van der Waals surface area contributed by atoms with E-state index >= 15 is 0 Å². The maximum Gasteiger partial charge on any atom is 0.254 e. The van der Waals surface area contributed by atoms with Gasteiger partial charge in [-0.1, -0.05) is 12.1 Å². The van der Waals surface area contributed by atoms with E-state index in [4.69, 9.17) is 15.3 Å². The third-order valence-electron chi connectivity index (χ3n) is 2.41. The number of benzene rings is 1. The third-order valence-corrected chi connectivity index (χ3v) is 2.41. The first-order valence-electron chi connectivity index (χ1n) is 5.43. The molecule has 0 aliphatic heterocycles. The average Bonchev–Trinajstić information content (AvgIpc) is 2.38. The van der Waals surface area contributed by atoms with Gasteiger partial charge in [0.15, 0.2) is 0 Å². The Kier molecular flexibility index (Phi) is 5.62. The lowest BCUT2D eigenvalue weighted by Gasteiger charge is -2.20. The summed E-state index contributed by atoms with van der Waals surface area (Å²) >= 11 is 0. The second-order valence-corrected chi connectivity index (χ2v) is 3.59. The first-order chi connectivity index (χ1) is 8.22. The normalized spacial score (nSPS) is 10.3. The number of aliphatic hydroxyl groups excluding tert-OH is 3. The van der Waals surface area contributed by atoms with Crippen LogP contribution in [0.1, 0.15) is 15.9 Å². The van der Waals surface area contributed by atoms with E-state index in [9.17, 15) is 4.79 Å². The van der Waals surface area contributed by atoms with Gasteiger partial charge in [-0.05, 0) is 17.7 Å². The number of amides is 1. The molecule has 0 saturated carbocycles. The third kappa shape index (κ3) is 3.81. The van der Waals surface area contributed by atoms with Crippen molar-refractivity contribution in [3.8, 4) is 0 Å². The van der Waals surface area contributed by atoms with Gasteiger partial charge in [0.05, 0.1) is 19.8 Å². The molecule has 5 nitrogen and oxygen atoms in total. The first-order valence-corrected chi connectivity index (χ1v) is 5.43. The zero-order valence-electron chi connectivity index (χ0n) is 9.54. The fraction of sp³-hybridized carbons (Fsp3) is 0.417. The van der Waals surface area contributed by atoms with Gasteiger partial charge in [-0.2, -0.15) is 0 Å². The van der Waals surface area contributed by atoms with Crippen LogP contribution in [0.3, 0.4) is 0 Å². The number of carbonyl (C=O) groups excluding carboxylic acids is 1. The summed E-state index contributed by atoms with van der Waals surface area (Å²) in [5, 5.41) is 26.5. The molecule has 1 aromatic rings. The lowest BCUT2D eigenvalue weighted by molar-refractivity contribution is 0.0685. The number of hydrogen-bond donors (Lipinski definition) is 3. The fourth-order valence-corrected chi connectivity index (χ4v) is 1.49. The molecule has 3 N–H and O–H groups in total. The molecule has 1 aromatic carbocycles. The summed E-state index contributed by atoms with van der Waals surface area (Å²) in [7, 11) is 0. The molecule has 0 aromatic heterocycles. The Balaban J connectivity index is 2.77. The van der Waals surface area contributed by atoms with Crippen molar-refractivity contribution in [2.45, 2.75) is 6.61 Å². The molecule has 0 unspecified atom stereocenters. The Morgan fingerprint density at radius 3 is 1.94 bits per heavy atom. The molecule has 1 rings (SSSR count). The van der Waals surface area contributed by atoms with Crippen LogP contribution in [0.5, 0.6) is 0 Å². The van der Waals surface area contributed by atoms with Crippen LogP contribution in [-0.4, -0.2) is 52.4 Å². The molecule has 0 bridgehead atoms. The zero-order valence-corrected chi connectivity index (χ0v) is 9.54. The summed E-state index contributed by atoms with van der Waals surface area (Å²) in [6.07, 6.45) is 0. The SMILES string of the molecule is O=C(c1ccc(CO)cc1)N(CCO)CCO. The largest absolute Gasteiger partial charge is 0.395 e. The average molecular weight is 239 g/mol. The summed E-state index contributed by atoms with van der Waals surface area (Å²) in [6.45, 7) is 0.0503. The molecule has 0 heterocycles. The lowest BCUT2D eigenvalue weighted by atomic mass is 10.1. The quantitative estimate of drug-likeness (QED) is 0.631. The van der Waals surface area contributed by atoms with Crippen LogP contribution in [0.4, 0.5) is 0 Å². The Bertz CT molecular complexity index is 344. The predicted molar refractivity (Wildman–Crippen MR) is 62.4 cm³/mol. The molecule has 0 saturated heterocycles. The van der Waals surface area contributed by atoms with Gasteiger partial charge < -0.3 is 20.2 Å². The smallest absolute Gasteiger partial charge is 0.254 e. The van der Waals surface area contributed by atoms with Crippen LogP contribution in [0.2, 0.25) is 0 Å². The van der Waals surface area contributed by atoms with Gasteiger partial charge in [-0.25, -0.2) is 0 Å². The Morgan fingerprint density at radius 1 is 1.00 bits per heavy atom. The van der Waals surface area contributed by atoms with E-state index in [-0.39, 0.29) is 38.8 Å². The molecule has 0 aliphatic carbocycles. The Hall–Kier alpha value is -1.43. The van der Waals surface area contributed by atoms with E-state index in [1.807, 2.05) is 0 Å². The fourth-order valence-electron chi connectivity index (χ4n) is 1.49. The van der Waals surface area contributed by atoms with Crippen LogP contribution >= 0.6 is 0 Å². The van der Waals surface area contributed by atoms with Gasteiger partial charge in [0.1, 0.15) is 0 Å². The second kappa shape index (κ2) is 7.01. The van der Waals surface area contributed by atoms with Crippen LogP contribution in [0, 0.1) is 0 Å². The highest BCUT2D eigenvalue weighted by Crippen LogP contribution is 2.07. The van der Waals surface area contributed by atoms with Crippen molar-refractivity contribution in [2.24, 2.45) is 0 Å². The summed E-state index contributed by atoms with van der Waals surface area (Å²) in [5.74, 6) is -0.238. The van der Waals surface area contributed by atoms with Crippen molar-refractivity contribution in [2.75, 3.05) is 26.3 Å². The van der Waals surface area contributed by atoms with Crippen molar-refractivity contribution in [1.29, 1.82) is 0 Å². The van der Waals surface area contributed by atoms with Crippen molar-refractivity contribution in [3.05, 3.63) is 35.4 Å². The van der Waals surface area contributed by atoms with Crippen molar-refractivity contribution < 1.29 is 20.1 Å². The van der Waals surface area contributed by atoms with Gasteiger partial charge in [-0.3, -0.25) is 4.79 Å². The maximum atomic E-state index is 12.0. The van der Waals surface area contributed by atoms with E-state index in [1.165, 1.54) is 4.90 Å². The highest BCUT2D eigenvalue weighted by Gasteiger charge is 2.14. The number of nitrogens with zero attached hydrogens (tertiary/aromatic N) is 1. The van der Waals surface area contributed by atoms with Crippen molar-refractivity contribution >= 4 is 5.91 Å². The van der Waals surface area contributed by atoms with E-state index in [1.54, 1.807) is 24.3 Å². The monoisotopic (exact) mass is 239 g/mol. The summed E-state index contributed by atoms with van der Waals surface area (Å²) in [6, 6.07) is 6.58. The summed E-state index contributed by atoms with van der Waals surface area (Å²) < 4.78 is 0. The van der Waals surface area contributed by atoms with Crippen LogP contribution in [-0.2, 0) is 6.61 Å². The number of rotatable bonds is 6. The molecule has 0 radical (unpaired) electrons. The number of aliphatic hydroxyl groups is 3. The summed E-state index contributed by atoms with van der Waals surface area (Å²) in [4.78, 5) is 13.3. The number of carbonyl (C=O) groups is 1. The van der Waals surface area contributed by atoms with E-state index in [2.05, 4.69) is 0 Å². The topological polar surface area (TPSA) is 81.0 Å². The van der Waals surface area contributed by atoms with Crippen molar-refractivity contribution in [3.63, 3.8) is 0 Å². The lowest BCUT2D eigenvalue weighted by Crippen LogP contribution is -2.35. The molecule has 5 heteroatoms. The first kappa shape index (κ1) is 13.6. The minimum Gasteiger partial charge on any atom is -0.395 e. The maximum absolute atomic E-state index is 12.0. The minimum absolute atomic E-state index is 0.0640. The van der Waals surface area contributed by atoms with Gasteiger partial charge in [0.25, 0.3) is 5.91 Å². The van der Waals surface area contributed by atoms with Gasteiger partial charge >= 0.3 is 0 Å². The van der Waals surface area contributed by atoms with Crippen molar-refractivity contribution in [1.82, 2.24) is 4.90 Å². The molecule has 0 fully saturated rings. The Morgan fingerprint density at radius 2 is 1.53 bits per heavy atom. The Labute approximate surface area is 99.9 Å². The van der Waals surface area contributed by atoms with E-state index < -0.39 is 0 Å². The van der Waals surface area contributed by atoms with Gasteiger partial charge in [0.2, 0.25) is 0 Å². The second-order valence-electron chi connectivity index (χ2n) is 3.59. The minimum atomic E-state index is -0.238. The standard InChI is InChI=1S/C12H17NO4/c14-7-5-13(6-8-15)12(17)11-3-1-10(9-16)2-4-11/h1-4,14-16H,5-9H2. The molecule has 17 heavy (non-hydrogen) atoms. The van der Waals surface area contributed by atoms with Crippen LogP contribution in [0.25, 0.3) is 0 Å². The van der Waals surface area contributed by atoms with Gasteiger partial charge in [-0.15, -0.1) is 0 Å². The van der Waals surface area contributed by atoms with Gasteiger partial charge in [0, 0.05) is 18.7 Å². The van der Waals surface area contributed by atoms with Crippen LogP contribution in [0.15, 0.2) is 24.3 Å². The van der Waals surface area contributed by atoms with E-state index in [0.29, 0.717) is 5.56 Å². The highest BCUT2D eigenvalue weighted by atomic mass is 16.3. The molecule has 0 spiro atoms. The predicted octanol–water partition coefficient (Wildman–Crippen LogP) is -0.394. The molecule has 1 amide bonds. The molecular weight excluding hydrogens is 222 g/mol. The van der Waals surface area contributed by atoms with Crippen LogP contribution < -0.4 is 0 Å². The van der Waals surface area contributed by atoms with E-state index in [0.717, 1.165) is 5.56 Å². The molecule has 94 valence electrons. The molecule has 0 aliphatic rings. The molecular formula is C12H17NO4. The summed E-state index contributed by atoms with van der Waals surface area (Å²) in [5.41, 5.74) is 1.21. The zero-order chi connectivity index (χ0) is 12.7.